The number of furan rings is 1. The average molecular weight is 717 g/mol. The van der Waals surface area contributed by atoms with Crippen molar-refractivity contribution in [2.75, 3.05) is 19.6 Å². The van der Waals surface area contributed by atoms with E-state index in [2.05, 4.69) is 15.6 Å². The zero-order valence-corrected chi connectivity index (χ0v) is 28.8. The fraction of sp³-hybridized carbons (Fsp3) is 0.195. The number of aromatic hydroxyl groups is 1. The van der Waals surface area contributed by atoms with E-state index in [1.807, 2.05) is 66.7 Å². The molecule has 0 fully saturated rings. The highest BCUT2D eigenvalue weighted by Gasteiger charge is 2.21. The van der Waals surface area contributed by atoms with Crippen LogP contribution in [-0.4, -0.2) is 56.8 Å². The van der Waals surface area contributed by atoms with E-state index in [4.69, 9.17) is 9.15 Å². The van der Waals surface area contributed by atoms with Crippen LogP contribution in [0.2, 0.25) is 0 Å². The lowest BCUT2D eigenvalue weighted by molar-refractivity contribution is 0.0704. The minimum atomic E-state index is -1.14. The Morgan fingerprint density at radius 1 is 0.868 bits per heavy atom. The van der Waals surface area contributed by atoms with Crippen LogP contribution in [0.3, 0.4) is 0 Å². The second kappa shape index (κ2) is 17.2. The van der Waals surface area contributed by atoms with Crippen LogP contribution in [0.5, 0.6) is 11.5 Å². The topological polar surface area (TPSA) is 177 Å². The molecule has 12 heteroatoms. The Bertz CT molecular complexity index is 2200. The van der Waals surface area contributed by atoms with E-state index in [0.717, 1.165) is 11.1 Å². The summed E-state index contributed by atoms with van der Waals surface area (Å²) in [6.07, 6.45) is -1.46. The van der Waals surface area contributed by atoms with Crippen LogP contribution in [0.25, 0.3) is 10.9 Å². The molecule has 53 heavy (non-hydrogen) atoms. The van der Waals surface area contributed by atoms with Gasteiger partial charge in [-0.2, -0.15) is 0 Å². The molecular formula is C41H40N4O8. The molecule has 0 aliphatic heterocycles. The van der Waals surface area contributed by atoms with Crippen LogP contribution in [0, 0.1) is 0 Å². The maximum atomic E-state index is 13.7. The quantitative estimate of drug-likeness (QED) is 0.0645. The lowest BCUT2D eigenvalue weighted by Gasteiger charge is -2.22. The molecule has 2 heterocycles. The summed E-state index contributed by atoms with van der Waals surface area (Å²) in [4.78, 5) is 41.4. The smallest absolute Gasteiger partial charge is 0.405 e. The molecule has 1 unspecified atom stereocenters. The first kappa shape index (κ1) is 36.4. The van der Waals surface area contributed by atoms with Crippen molar-refractivity contribution in [3.8, 4) is 11.5 Å². The van der Waals surface area contributed by atoms with Crippen molar-refractivity contribution in [2.45, 2.75) is 31.7 Å². The molecule has 2 aromatic heterocycles. The molecule has 6 rings (SSSR count). The van der Waals surface area contributed by atoms with Crippen molar-refractivity contribution in [1.82, 2.24) is 20.5 Å². The number of aromatic amines is 1. The van der Waals surface area contributed by atoms with Gasteiger partial charge in [-0.05, 0) is 71.6 Å². The molecule has 0 spiro atoms. The normalized spacial score (nSPS) is 12.2. The Hall–Kier alpha value is -6.37. The van der Waals surface area contributed by atoms with Crippen molar-refractivity contribution in [2.24, 2.45) is 0 Å². The highest BCUT2D eigenvalue weighted by molar-refractivity contribution is 5.91. The van der Waals surface area contributed by atoms with Gasteiger partial charge < -0.3 is 45.0 Å². The van der Waals surface area contributed by atoms with Crippen molar-refractivity contribution in [3.63, 3.8) is 0 Å². The first-order valence-corrected chi connectivity index (χ1v) is 17.2. The highest BCUT2D eigenvalue weighted by atomic mass is 16.5. The van der Waals surface area contributed by atoms with Gasteiger partial charge in [-0.3, -0.25) is 9.59 Å². The number of aliphatic hydroxyl groups excluding tert-OH is 1. The van der Waals surface area contributed by atoms with E-state index in [-0.39, 0.29) is 41.6 Å². The molecule has 0 saturated heterocycles. The summed E-state index contributed by atoms with van der Waals surface area (Å²) in [5, 5.41) is 36.9. The largest absolute Gasteiger partial charge is 0.506 e. The number of phenols is 1. The second-order valence-corrected chi connectivity index (χ2v) is 12.5. The van der Waals surface area contributed by atoms with E-state index in [1.165, 1.54) is 12.1 Å². The number of carbonyl (C=O) groups excluding carboxylic acids is 1. The maximum Gasteiger partial charge on any atom is 0.405 e. The third kappa shape index (κ3) is 9.50. The number of phenolic OH excluding ortho intramolecular Hbond substituents is 1. The number of H-pyrrole nitrogens is 1. The first-order valence-electron chi connectivity index (χ1n) is 17.2. The van der Waals surface area contributed by atoms with E-state index < -0.39 is 18.2 Å². The molecule has 2 atom stereocenters. The zero-order chi connectivity index (χ0) is 37.2. The summed E-state index contributed by atoms with van der Waals surface area (Å²) < 4.78 is 11.9. The third-order valence-electron chi connectivity index (χ3n) is 8.73. The summed E-state index contributed by atoms with van der Waals surface area (Å²) in [5.41, 5.74) is 2.95. The lowest BCUT2D eigenvalue weighted by atomic mass is 9.99. The Morgan fingerprint density at radius 2 is 1.62 bits per heavy atom. The van der Waals surface area contributed by atoms with Crippen LogP contribution < -0.4 is 20.9 Å². The zero-order valence-electron chi connectivity index (χ0n) is 28.8. The molecule has 0 saturated carbocycles. The molecule has 6 N–H and O–H groups in total. The van der Waals surface area contributed by atoms with Crippen LogP contribution >= 0.6 is 0 Å². The van der Waals surface area contributed by atoms with E-state index in [0.29, 0.717) is 54.1 Å². The van der Waals surface area contributed by atoms with E-state index >= 15 is 0 Å². The van der Waals surface area contributed by atoms with Crippen LogP contribution in [0.4, 0.5) is 4.79 Å². The Kier molecular flexibility index (Phi) is 11.8. The maximum absolute atomic E-state index is 13.7. The number of pyridine rings is 1. The average Bonchev–Trinajstić information content (AvgIpc) is 3.65. The van der Waals surface area contributed by atoms with Gasteiger partial charge in [0.15, 0.2) is 5.76 Å². The number of carboxylic acid groups (broad SMARTS) is 1. The number of hydrogen-bond donors (Lipinski definition) is 6. The Morgan fingerprint density at radius 3 is 2.40 bits per heavy atom. The van der Waals surface area contributed by atoms with Gasteiger partial charge in [0, 0.05) is 31.1 Å². The molecule has 272 valence electrons. The summed E-state index contributed by atoms with van der Waals surface area (Å²) in [6, 6.07) is 34.8. The molecule has 0 aliphatic carbocycles. The van der Waals surface area contributed by atoms with Crippen LogP contribution in [-0.2, 0) is 13.2 Å². The molecule has 2 amide bonds. The van der Waals surface area contributed by atoms with Crippen LogP contribution in [0.15, 0.2) is 131 Å². The number of ether oxygens (including phenoxy) is 1. The fourth-order valence-electron chi connectivity index (χ4n) is 6.14. The Balaban J connectivity index is 1.06. The number of carbonyl (C=O) groups is 2. The number of aromatic nitrogens is 1. The van der Waals surface area contributed by atoms with Crippen molar-refractivity contribution >= 4 is 22.9 Å². The summed E-state index contributed by atoms with van der Waals surface area (Å²) in [7, 11) is 0. The molecule has 0 radical (unpaired) electrons. The summed E-state index contributed by atoms with van der Waals surface area (Å²) in [6.45, 7) is 1.56. The van der Waals surface area contributed by atoms with Gasteiger partial charge in [-0.1, -0.05) is 78.9 Å². The molecule has 12 nitrogen and oxygen atoms in total. The van der Waals surface area contributed by atoms with Gasteiger partial charge in [0.05, 0.1) is 17.7 Å². The standard InChI is InChI=1S/C41H40N4O8/c46-34-18-16-32(33-17-20-37(48)43-39(33)34)35(47)24-42-21-8-22-45(25-27-9-3-1-4-10-27)40(49)36-19-15-31(53-36)26-52-30-14-7-13-29(23-30)38(44-41(50)51)28-11-5-2-6-12-28/h1-7,9-20,23,35,38,42,44,46-47H,8,21-22,24-26H2,(H,43,48)(H,50,51)/t35?,38-/m0/s1. The monoisotopic (exact) mass is 716 g/mol. The van der Waals surface area contributed by atoms with Gasteiger partial charge in [0.1, 0.15) is 23.9 Å². The van der Waals surface area contributed by atoms with Crippen molar-refractivity contribution in [1.29, 1.82) is 0 Å². The minimum Gasteiger partial charge on any atom is -0.506 e. The Labute approximate surface area is 305 Å². The van der Waals surface area contributed by atoms with Gasteiger partial charge in [0.2, 0.25) is 5.56 Å². The summed E-state index contributed by atoms with van der Waals surface area (Å²) in [5.74, 6) is 0.775. The predicted molar refractivity (Wildman–Crippen MR) is 199 cm³/mol. The molecule has 4 aromatic carbocycles. The number of fused-ring (bicyclic) bond motifs is 1. The third-order valence-corrected chi connectivity index (χ3v) is 8.73. The minimum absolute atomic E-state index is 0.0520. The molecule has 0 bridgehead atoms. The van der Waals surface area contributed by atoms with Crippen LogP contribution in [0.1, 0.15) is 57.1 Å². The van der Waals surface area contributed by atoms with Gasteiger partial charge >= 0.3 is 6.09 Å². The molecule has 0 aliphatic rings. The highest BCUT2D eigenvalue weighted by Crippen LogP contribution is 2.29. The van der Waals surface area contributed by atoms with Crippen molar-refractivity contribution < 1.29 is 34.1 Å². The number of amides is 2. The van der Waals surface area contributed by atoms with E-state index in [1.54, 1.807) is 47.4 Å². The first-order chi connectivity index (χ1) is 25.7. The second-order valence-electron chi connectivity index (χ2n) is 12.5. The molecule has 6 aromatic rings. The number of hydrogen-bond acceptors (Lipinski definition) is 8. The molecular weight excluding hydrogens is 676 g/mol. The predicted octanol–water partition coefficient (Wildman–Crippen LogP) is 6.12. The van der Waals surface area contributed by atoms with Crippen molar-refractivity contribution in [3.05, 3.63) is 165 Å². The number of nitrogens with zero attached hydrogens (tertiary/aromatic N) is 1. The summed E-state index contributed by atoms with van der Waals surface area (Å²) >= 11 is 0. The van der Waals surface area contributed by atoms with E-state index in [9.17, 15) is 29.7 Å². The number of rotatable bonds is 16. The lowest BCUT2D eigenvalue weighted by Crippen LogP contribution is -2.33. The van der Waals surface area contributed by atoms with Gasteiger partial charge in [-0.15, -0.1) is 0 Å². The SMILES string of the molecule is O=C(O)N[C@@H](c1ccccc1)c1cccc(OCc2ccc(C(=O)N(CCCNCC(O)c3ccc(O)c4[nH]c(=O)ccc34)Cc3ccccc3)o2)c1. The number of nitrogens with one attached hydrogen (secondary N) is 3. The fourth-order valence-corrected chi connectivity index (χ4v) is 6.14. The number of aliphatic hydroxyl groups is 1. The van der Waals surface area contributed by atoms with Gasteiger partial charge in [0.25, 0.3) is 5.91 Å². The number of benzene rings is 4. The van der Waals surface area contributed by atoms with Gasteiger partial charge in [-0.25, -0.2) is 4.79 Å².